The van der Waals surface area contributed by atoms with Gasteiger partial charge in [-0.25, -0.2) is 0 Å². The zero-order chi connectivity index (χ0) is 26.1. The second-order valence-electron chi connectivity index (χ2n) is 9.25. The van der Waals surface area contributed by atoms with Gasteiger partial charge in [-0.2, -0.15) is 0 Å². The van der Waals surface area contributed by atoms with Crippen molar-refractivity contribution in [1.82, 2.24) is 19.9 Å². The summed E-state index contributed by atoms with van der Waals surface area (Å²) < 4.78 is 2.19. The number of aryl methyl sites for hydroxylation is 1. The van der Waals surface area contributed by atoms with E-state index in [-0.39, 0.29) is 23.9 Å². The van der Waals surface area contributed by atoms with Crippen molar-refractivity contribution in [2.45, 2.75) is 32.9 Å². The number of hydrogen-bond donors (Lipinski definition) is 2. The van der Waals surface area contributed by atoms with Crippen LogP contribution >= 0.6 is 23.8 Å². The predicted octanol–water partition coefficient (Wildman–Crippen LogP) is 6.00. The molecule has 1 saturated heterocycles. The Hall–Kier alpha value is -3.75. The number of thiocarbonyl (C=S) groups is 1. The van der Waals surface area contributed by atoms with Crippen LogP contribution < -0.4 is 15.5 Å². The molecule has 4 heterocycles. The first kappa shape index (κ1) is 24.9. The number of pyridine rings is 2. The van der Waals surface area contributed by atoms with Gasteiger partial charge in [0.1, 0.15) is 6.04 Å². The van der Waals surface area contributed by atoms with Gasteiger partial charge in [0.25, 0.3) is 0 Å². The summed E-state index contributed by atoms with van der Waals surface area (Å²) in [7, 11) is 0. The van der Waals surface area contributed by atoms with Crippen molar-refractivity contribution in [2.75, 3.05) is 10.2 Å². The number of carbonyl (C=O) groups is 1. The summed E-state index contributed by atoms with van der Waals surface area (Å²) in [5, 5.41) is 7.38. The Morgan fingerprint density at radius 3 is 2.59 bits per heavy atom. The molecule has 0 saturated carbocycles. The summed E-state index contributed by atoms with van der Waals surface area (Å²) in [5.41, 5.74) is 5.31. The van der Waals surface area contributed by atoms with Crippen molar-refractivity contribution in [2.24, 2.45) is 5.92 Å². The van der Waals surface area contributed by atoms with Crippen LogP contribution in [0.1, 0.15) is 43.0 Å². The summed E-state index contributed by atoms with van der Waals surface area (Å²) in [6.45, 7) is 5.75. The molecule has 7 nitrogen and oxygen atoms in total. The topological polar surface area (TPSA) is 75.1 Å². The summed E-state index contributed by atoms with van der Waals surface area (Å²) in [5.74, 6) is -0.246. The van der Waals surface area contributed by atoms with Crippen LogP contribution in [0.15, 0.2) is 79.3 Å². The molecule has 1 aliphatic rings. The fourth-order valence-corrected chi connectivity index (χ4v) is 5.16. The molecule has 1 aliphatic heterocycles. The normalized spacial score (nSPS) is 17.2. The van der Waals surface area contributed by atoms with Gasteiger partial charge in [-0.15, -0.1) is 0 Å². The van der Waals surface area contributed by atoms with Gasteiger partial charge in [-0.05, 0) is 73.7 Å². The minimum Gasteiger partial charge on any atom is -0.351 e. The van der Waals surface area contributed by atoms with Crippen molar-refractivity contribution in [1.29, 1.82) is 0 Å². The van der Waals surface area contributed by atoms with Crippen LogP contribution in [0, 0.1) is 12.8 Å². The maximum atomic E-state index is 12.2. The zero-order valence-corrected chi connectivity index (χ0v) is 22.3. The van der Waals surface area contributed by atoms with Crippen molar-refractivity contribution in [3.63, 3.8) is 0 Å². The number of anilines is 2. The number of nitrogens with zero attached hydrogens (tertiary/aromatic N) is 4. The molecule has 4 aromatic rings. The number of nitrogens with one attached hydrogen (secondary N) is 2. The Labute approximate surface area is 226 Å². The van der Waals surface area contributed by atoms with Gasteiger partial charge in [0, 0.05) is 35.4 Å². The molecule has 1 fully saturated rings. The fraction of sp³-hybridized carbons (Fsp3) is 0.214. The van der Waals surface area contributed by atoms with E-state index in [9.17, 15) is 4.79 Å². The second-order valence-corrected chi connectivity index (χ2v) is 10.0. The lowest BCUT2D eigenvalue weighted by molar-refractivity contribution is -0.118. The van der Waals surface area contributed by atoms with Crippen LogP contribution in [0.5, 0.6) is 0 Å². The first-order valence-electron chi connectivity index (χ1n) is 12.0. The summed E-state index contributed by atoms with van der Waals surface area (Å²) in [6.07, 6.45) is 5.40. The van der Waals surface area contributed by atoms with Crippen LogP contribution in [0.4, 0.5) is 11.4 Å². The van der Waals surface area contributed by atoms with Crippen molar-refractivity contribution in [3.8, 4) is 5.69 Å². The molecule has 0 aliphatic carbocycles. The van der Waals surface area contributed by atoms with Gasteiger partial charge in [0.2, 0.25) is 5.91 Å². The van der Waals surface area contributed by atoms with Crippen molar-refractivity contribution >= 4 is 46.2 Å². The Balaban J connectivity index is 1.62. The fourth-order valence-electron chi connectivity index (χ4n) is 4.59. The lowest BCUT2D eigenvalue weighted by atomic mass is 10.0. The van der Waals surface area contributed by atoms with Crippen LogP contribution in [0.3, 0.4) is 0 Å². The van der Waals surface area contributed by atoms with E-state index in [1.54, 1.807) is 12.4 Å². The molecule has 1 amide bonds. The molecule has 9 heteroatoms. The quantitative estimate of drug-likeness (QED) is 0.298. The molecule has 0 bridgehead atoms. The third kappa shape index (κ3) is 4.82. The number of aromatic nitrogens is 3. The molecule has 2 N–H and O–H groups in total. The molecule has 2 unspecified atom stereocenters. The van der Waals surface area contributed by atoms with Crippen LogP contribution in [0.25, 0.3) is 5.69 Å². The number of rotatable bonds is 6. The van der Waals surface area contributed by atoms with E-state index in [0.717, 1.165) is 28.5 Å². The van der Waals surface area contributed by atoms with Crippen molar-refractivity contribution in [3.05, 3.63) is 101 Å². The molecule has 2 atom stereocenters. The molecule has 188 valence electrons. The van der Waals surface area contributed by atoms with Crippen LogP contribution in [-0.4, -0.2) is 25.6 Å². The highest BCUT2D eigenvalue weighted by molar-refractivity contribution is 7.80. The monoisotopic (exact) mass is 530 g/mol. The molecule has 5 rings (SSSR count). The first-order chi connectivity index (χ1) is 17.8. The number of amides is 1. The summed E-state index contributed by atoms with van der Waals surface area (Å²) >= 11 is 12.5. The van der Waals surface area contributed by atoms with Gasteiger partial charge in [-0.3, -0.25) is 14.8 Å². The van der Waals surface area contributed by atoms with E-state index in [4.69, 9.17) is 23.8 Å². The third-order valence-corrected chi connectivity index (χ3v) is 7.05. The highest BCUT2D eigenvalue weighted by Gasteiger charge is 2.42. The summed E-state index contributed by atoms with van der Waals surface area (Å²) in [4.78, 5) is 23.3. The predicted molar refractivity (Wildman–Crippen MR) is 151 cm³/mol. The van der Waals surface area contributed by atoms with Gasteiger partial charge >= 0.3 is 0 Å². The van der Waals surface area contributed by atoms with E-state index in [0.29, 0.717) is 15.8 Å². The van der Waals surface area contributed by atoms with Crippen LogP contribution in [-0.2, 0) is 4.79 Å². The Kier molecular flexibility index (Phi) is 6.95. The minimum atomic E-state index is -0.233. The molecule has 0 radical (unpaired) electrons. The SMILES string of the molecule is Cc1ccc(C2C(c3ccccn3)NC(=S)N2c2ccc(NC(=O)C(C)C)c(Cl)c2)n1-c1cccnc1. The third-order valence-electron chi connectivity index (χ3n) is 6.42. The lowest BCUT2D eigenvalue weighted by Gasteiger charge is -2.29. The molecular formula is C28H27ClN6OS. The maximum Gasteiger partial charge on any atom is 0.226 e. The largest absolute Gasteiger partial charge is 0.351 e. The van der Waals surface area contributed by atoms with Gasteiger partial charge < -0.3 is 20.1 Å². The lowest BCUT2D eigenvalue weighted by Crippen LogP contribution is -2.30. The van der Waals surface area contributed by atoms with Crippen LogP contribution in [0.2, 0.25) is 5.02 Å². The molecule has 0 spiro atoms. The maximum absolute atomic E-state index is 12.2. The van der Waals surface area contributed by atoms with E-state index < -0.39 is 0 Å². The van der Waals surface area contributed by atoms with Gasteiger partial charge in [0.15, 0.2) is 5.11 Å². The average molecular weight is 531 g/mol. The molecule has 1 aromatic carbocycles. The molecular weight excluding hydrogens is 504 g/mol. The van der Waals surface area contributed by atoms with Gasteiger partial charge in [0.05, 0.1) is 34.3 Å². The number of hydrogen-bond acceptors (Lipinski definition) is 4. The molecule has 37 heavy (non-hydrogen) atoms. The second kappa shape index (κ2) is 10.3. The minimum absolute atomic E-state index is 0.0918. The highest BCUT2D eigenvalue weighted by Crippen LogP contribution is 2.43. The number of carbonyl (C=O) groups excluding carboxylic acids is 1. The average Bonchev–Trinajstić information content (AvgIpc) is 3.45. The highest BCUT2D eigenvalue weighted by atomic mass is 35.5. The number of halogens is 1. The Morgan fingerprint density at radius 1 is 1.08 bits per heavy atom. The Bertz CT molecular complexity index is 1440. The van der Waals surface area contributed by atoms with E-state index in [1.165, 1.54) is 0 Å². The smallest absolute Gasteiger partial charge is 0.226 e. The van der Waals surface area contributed by atoms with E-state index >= 15 is 0 Å². The van der Waals surface area contributed by atoms with Crippen molar-refractivity contribution < 1.29 is 4.79 Å². The summed E-state index contributed by atoms with van der Waals surface area (Å²) in [6, 6.07) is 19.2. The zero-order valence-electron chi connectivity index (χ0n) is 20.7. The molecule has 3 aromatic heterocycles. The van der Waals surface area contributed by atoms with E-state index in [2.05, 4.69) is 49.1 Å². The van der Waals surface area contributed by atoms with Gasteiger partial charge in [-0.1, -0.05) is 31.5 Å². The van der Waals surface area contributed by atoms with E-state index in [1.807, 2.05) is 68.6 Å². The standard InChI is InChI=1S/C28H27ClN6OS/c1-17(2)27(36)32-22-11-10-19(15-21(22)29)35-26(25(33-28(35)37)23-8-4-5-14-31-23)24-12-9-18(3)34(24)20-7-6-13-30-16-20/h4-17,25-26H,1-3H3,(H,32,36)(H,33,37). The number of benzene rings is 1. The Morgan fingerprint density at radius 2 is 1.92 bits per heavy atom. The first-order valence-corrected chi connectivity index (χ1v) is 12.8.